The average molecular weight is 389 g/mol. The van der Waals surface area contributed by atoms with Crippen LogP contribution in [0.1, 0.15) is 34.7 Å². The third kappa shape index (κ3) is 3.62. The number of hydrogen-bond acceptors (Lipinski definition) is 2. The Bertz CT molecular complexity index is 793. The van der Waals surface area contributed by atoms with Crippen LogP contribution >= 0.6 is 23.2 Å². The number of carbonyl (C=O) groups is 1. The highest BCUT2D eigenvalue weighted by atomic mass is 35.5. The summed E-state index contributed by atoms with van der Waals surface area (Å²) in [5.74, 6) is 0.601. The number of rotatable bonds is 2. The molecule has 5 heteroatoms. The number of nitrogens with zero attached hydrogens (tertiary/aromatic N) is 2. The summed E-state index contributed by atoms with van der Waals surface area (Å²) in [7, 11) is 0. The van der Waals surface area contributed by atoms with Crippen LogP contribution in [0.25, 0.3) is 0 Å². The number of hydrogen-bond donors (Lipinski definition) is 0. The van der Waals surface area contributed by atoms with Crippen molar-refractivity contribution in [2.75, 3.05) is 26.2 Å². The van der Waals surface area contributed by atoms with Crippen molar-refractivity contribution in [2.45, 2.75) is 24.8 Å². The minimum Gasteiger partial charge on any atom is -0.336 e. The Labute approximate surface area is 164 Å². The van der Waals surface area contributed by atoms with Gasteiger partial charge in [-0.15, -0.1) is 0 Å². The lowest BCUT2D eigenvalue weighted by Gasteiger charge is -2.46. The van der Waals surface area contributed by atoms with E-state index < -0.39 is 0 Å². The average Bonchev–Trinajstić information content (AvgIpc) is 2.67. The first kappa shape index (κ1) is 17.8. The Kier molecular flexibility index (Phi) is 5.21. The van der Waals surface area contributed by atoms with E-state index in [-0.39, 0.29) is 5.91 Å². The molecule has 26 heavy (non-hydrogen) atoms. The van der Waals surface area contributed by atoms with Gasteiger partial charge in [-0.1, -0.05) is 47.5 Å². The topological polar surface area (TPSA) is 23.6 Å². The lowest BCUT2D eigenvalue weighted by molar-refractivity contribution is 0.0329. The van der Waals surface area contributed by atoms with Gasteiger partial charge < -0.3 is 4.90 Å². The molecule has 136 valence electrons. The predicted molar refractivity (Wildman–Crippen MR) is 106 cm³/mol. The molecule has 2 aromatic rings. The molecule has 0 N–H and O–H groups in total. The molecule has 0 bridgehead atoms. The Morgan fingerprint density at radius 2 is 1.69 bits per heavy atom. The summed E-state index contributed by atoms with van der Waals surface area (Å²) in [5.41, 5.74) is 1.97. The minimum atomic E-state index is 0.0510. The van der Waals surface area contributed by atoms with Gasteiger partial charge in [0, 0.05) is 37.2 Å². The van der Waals surface area contributed by atoms with E-state index in [4.69, 9.17) is 23.2 Å². The van der Waals surface area contributed by atoms with Crippen LogP contribution in [-0.2, 0) is 0 Å². The van der Waals surface area contributed by atoms with Crippen molar-refractivity contribution in [3.63, 3.8) is 0 Å². The molecular weight excluding hydrogens is 367 g/mol. The first-order valence-corrected chi connectivity index (χ1v) is 9.91. The van der Waals surface area contributed by atoms with Crippen LogP contribution in [-0.4, -0.2) is 47.9 Å². The van der Waals surface area contributed by atoms with E-state index in [1.807, 2.05) is 35.2 Å². The van der Waals surface area contributed by atoms with Crippen LogP contribution in [0.15, 0.2) is 48.5 Å². The van der Waals surface area contributed by atoms with Crippen LogP contribution in [0, 0.1) is 0 Å². The summed E-state index contributed by atoms with van der Waals surface area (Å²) < 4.78 is 0. The van der Waals surface area contributed by atoms with Crippen molar-refractivity contribution in [1.82, 2.24) is 9.80 Å². The Morgan fingerprint density at radius 3 is 2.46 bits per heavy atom. The largest absolute Gasteiger partial charge is 0.336 e. The molecule has 3 nitrogen and oxygen atoms in total. The lowest BCUT2D eigenvalue weighted by atomic mass is 9.86. The molecule has 2 fully saturated rings. The molecule has 4 rings (SSSR count). The highest BCUT2D eigenvalue weighted by Gasteiger charge is 2.35. The van der Waals surface area contributed by atoms with Crippen LogP contribution < -0.4 is 0 Å². The van der Waals surface area contributed by atoms with E-state index in [9.17, 15) is 4.79 Å². The maximum Gasteiger partial charge on any atom is 0.255 e. The second kappa shape index (κ2) is 7.59. The van der Waals surface area contributed by atoms with E-state index in [0.29, 0.717) is 22.5 Å². The van der Waals surface area contributed by atoms with Crippen LogP contribution in [0.4, 0.5) is 0 Å². The van der Waals surface area contributed by atoms with Crippen molar-refractivity contribution < 1.29 is 4.79 Å². The number of carbonyl (C=O) groups excluding carboxylic acids is 1. The highest BCUT2D eigenvalue weighted by molar-refractivity contribution is 6.33. The van der Waals surface area contributed by atoms with E-state index in [2.05, 4.69) is 17.0 Å². The van der Waals surface area contributed by atoms with Gasteiger partial charge in [-0.05, 0) is 48.6 Å². The number of fused-ring (bicyclic) bond motifs is 1. The van der Waals surface area contributed by atoms with Gasteiger partial charge in [-0.2, -0.15) is 0 Å². The monoisotopic (exact) mass is 388 g/mol. The van der Waals surface area contributed by atoms with E-state index in [1.54, 1.807) is 6.07 Å². The summed E-state index contributed by atoms with van der Waals surface area (Å²) in [6.45, 7) is 3.52. The fraction of sp³-hybridized carbons (Fsp3) is 0.381. The maximum atomic E-state index is 12.8. The number of piperazine rings is 1. The summed E-state index contributed by atoms with van der Waals surface area (Å²) in [6, 6.07) is 16.0. The van der Waals surface area contributed by atoms with Crippen LogP contribution in [0.3, 0.4) is 0 Å². The third-order valence-electron chi connectivity index (χ3n) is 5.64. The molecule has 2 saturated heterocycles. The Balaban J connectivity index is 1.41. The van der Waals surface area contributed by atoms with E-state index in [0.717, 1.165) is 44.0 Å². The van der Waals surface area contributed by atoms with Crippen molar-refractivity contribution in [3.05, 3.63) is 69.7 Å². The molecule has 2 aromatic carbocycles. The first-order chi connectivity index (χ1) is 12.6. The Morgan fingerprint density at radius 1 is 0.923 bits per heavy atom. The van der Waals surface area contributed by atoms with Crippen molar-refractivity contribution >= 4 is 29.1 Å². The number of amides is 1. The zero-order chi connectivity index (χ0) is 18.1. The summed E-state index contributed by atoms with van der Waals surface area (Å²) in [5, 5.41) is 1.32. The molecule has 0 aromatic heterocycles. The van der Waals surface area contributed by atoms with Gasteiger partial charge in [0.1, 0.15) is 0 Å². The van der Waals surface area contributed by atoms with Gasteiger partial charge >= 0.3 is 0 Å². The van der Waals surface area contributed by atoms with Gasteiger partial charge in [-0.25, -0.2) is 0 Å². The van der Waals surface area contributed by atoms with Gasteiger partial charge in [0.05, 0.1) is 10.6 Å². The maximum absolute atomic E-state index is 12.8. The molecule has 0 radical (unpaired) electrons. The van der Waals surface area contributed by atoms with Crippen LogP contribution in [0.2, 0.25) is 10.0 Å². The predicted octanol–water partition coefficient (Wildman–Crippen LogP) is 4.70. The fourth-order valence-electron chi connectivity index (χ4n) is 4.17. The summed E-state index contributed by atoms with van der Waals surface area (Å²) in [4.78, 5) is 17.3. The van der Waals surface area contributed by atoms with E-state index in [1.165, 1.54) is 5.56 Å². The highest BCUT2D eigenvalue weighted by Crippen LogP contribution is 2.32. The van der Waals surface area contributed by atoms with Crippen molar-refractivity contribution in [2.24, 2.45) is 0 Å². The summed E-state index contributed by atoms with van der Waals surface area (Å²) >= 11 is 12.2. The van der Waals surface area contributed by atoms with Gasteiger partial charge in [-0.3, -0.25) is 9.69 Å². The zero-order valence-corrected chi connectivity index (χ0v) is 16.1. The molecule has 2 atom stereocenters. The van der Waals surface area contributed by atoms with Gasteiger partial charge in [0.25, 0.3) is 5.91 Å². The smallest absolute Gasteiger partial charge is 0.255 e. The normalized spacial score (nSPS) is 23.5. The molecule has 1 amide bonds. The van der Waals surface area contributed by atoms with E-state index >= 15 is 0 Å². The summed E-state index contributed by atoms with van der Waals surface area (Å²) in [6.07, 6.45) is 2.26. The molecule has 0 saturated carbocycles. The molecule has 0 aliphatic carbocycles. The quantitative estimate of drug-likeness (QED) is 0.744. The van der Waals surface area contributed by atoms with Crippen LogP contribution in [0.5, 0.6) is 0 Å². The molecular formula is C21H22Cl2N2O. The second-order valence-electron chi connectivity index (χ2n) is 7.21. The minimum absolute atomic E-state index is 0.0510. The Hall–Kier alpha value is -1.55. The first-order valence-electron chi connectivity index (χ1n) is 9.15. The molecule has 0 spiro atoms. The molecule has 2 aliphatic heterocycles. The number of piperidine rings is 1. The number of halogens is 2. The zero-order valence-electron chi connectivity index (χ0n) is 14.6. The SMILES string of the molecule is O=C(c1ccccc1Cl)N1CCN2C[C@@H](c3ccc(Cl)cc3)CC[C@@H]2C1. The molecule has 2 aliphatic rings. The van der Waals surface area contributed by atoms with Gasteiger partial charge in [0.2, 0.25) is 0 Å². The van der Waals surface area contributed by atoms with Crippen molar-refractivity contribution in [3.8, 4) is 0 Å². The van der Waals surface area contributed by atoms with Gasteiger partial charge in [0.15, 0.2) is 0 Å². The lowest BCUT2D eigenvalue weighted by Crippen LogP contribution is -2.57. The van der Waals surface area contributed by atoms with Crippen molar-refractivity contribution in [1.29, 1.82) is 0 Å². The molecule has 2 heterocycles. The standard InChI is InChI=1S/C21H22Cl2N2O/c22-17-8-5-15(6-9-17)16-7-10-18-14-25(12-11-24(18)13-16)21(26)19-3-1-2-4-20(19)23/h1-6,8-9,16,18H,7,10-14H2/t16-,18+/m0/s1. The molecule has 0 unspecified atom stereocenters. The second-order valence-corrected chi connectivity index (χ2v) is 8.05. The fourth-order valence-corrected chi connectivity index (χ4v) is 4.51. The number of benzene rings is 2. The third-order valence-corrected chi connectivity index (χ3v) is 6.22.